The molecule has 0 aliphatic heterocycles. The fourth-order valence-corrected chi connectivity index (χ4v) is 2.82. The van der Waals surface area contributed by atoms with Crippen molar-refractivity contribution in [2.24, 2.45) is 5.92 Å². The minimum Gasteiger partial charge on any atom is -0.314 e. The van der Waals surface area contributed by atoms with Crippen LogP contribution in [0.4, 0.5) is 0 Å². The standard InChI is InChI=1S/C16H34N2/c1-6-16(7-2)18(12-13(3)4)14(5)10-11-17-15-8-9-15/h13-17H,6-12H2,1-5H3. The van der Waals surface area contributed by atoms with E-state index in [1.807, 2.05) is 0 Å². The fraction of sp³-hybridized carbons (Fsp3) is 1.00. The molecule has 2 nitrogen and oxygen atoms in total. The summed E-state index contributed by atoms with van der Waals surface area (Å²) in [7, 11) is 0. The molecule has 108 valence electrons. The van der Waals surface area contributed by atoms with E-state index in [0.717, 1.165) is 18.0 Å². The predicted octanol–water partition coefficient (Wildman–Crippen LogP) is 3.66. The summed E-state index contributed by atoms with van der Waals surface area (Å²) < 4.78 is 0. The van der Waals surface area contributed by atoms with Crippen molar-refractivity contribution >= 4 is 0 Å². The molecule has 0 spiro atoms. The van der Waals surface area contributed by atoms with Gasteiger partial charge < -0.3 is 5.32 Å². The molecule has 1 unspecified atom stereocenters. The molecule has 1 aliphatic carbocycles. The maximum absolute atomic E-state index is 3.64. The molecule has 0 radical (unpaired) electrons. The van der Waals surface area contributed by atoms with Crippen molar-refractivity contribution in [1.29, 1.82) is 0 Å². The molecule has 1 aliphatic rings. The largest absolute Gasteiger partial charge is 0.314 e. The smallest absolute Gasteiger partial charge is 0.00929 e. The molecule has 2 heteroatoms. The summed E-state index contributed by atoms with van der Waals surface area (Å²) in [5.41, 5.74) is 0. The first-order valence-electron chi connectivity index (χ1n) is 8.07. The Hall–Kier alpha value is -0.0800. The van der Waals surface area contributed by atoms with Crippen LogP contribution in [0.3, 0.4) is 0 Å². The molecule has 1 rings (SSSR count). The Kier molecular flexibility index (Phi) is 7.25. The van der Waals surface area contributed by atoms with Crippen molar-refractivity contribution in [3.63, 3.8) is 0 Å². The molecule has 0 saturated heterocycles. The zero-order valence-corrected chi connectivity index (χ0v) is 13.2. The van der Waals surface area contributed by atoms with Gasteiger partial charge in [0.25, 0.3) is 0 Å². The topological polar surface area (TPSA) is 15.3 Å². The van der Waals surface area contributed by atoms with Crippen LogP contribution in [0.1, 0.15) is 66.7 Å². The van der Waals surface area contributed by atoms with Gasteiger partial charge in [-0.3, -0.25) is 4.90 Å². The highest BCUT2D eigenvalue weighted by Gasteiger charge is 2.23. The molecule has 0 aromatic rings. The Morgan fingerprint density at radius 3 is 2.17 bits per heavy atom. The van der Waals surface area contributed by atoms with E-state index in [9.17, 15) is 0 Å². The van der Waals surface area contributed by atoms with Crippen LogP contribution in [0, 0.1) is 5.92 Å². The molecule has 1 saturated carbocycles. The third kappa shape index (κ3) is 5.71. The lowest BCUT2D eigenvalue weighted by Gasteiger charge is -2.37. The second-order valence-corrected chi connectivity index (χ2v) is 6.43. The van der Waals surface area contributed by atoms with Crippen LogP contribution < -0.4 is 5.32 Å². The fourth-order valence-electron chi connectivity index (χ4n) is 2.82. The van der Waals surface area contributed by atoms with Crippen LogP contribution in [0.15, 0.2) is 0 Å². The van der Waals surface area contributed by atoms with E-state index >= 15 is 0 Å². The maximum atomic E-state index is 3.64. The lowest BCUT2D eigenvalue weighted by atomic mass is 10.0. The summed E-state index contributed by atoms with van der Waals surface area (Å²) in [6.07, 6.45) is 6.65. The number of nitrogens with zero attached hydrogens (tertiary/aromatic N) is 1. The van der Waals surface area contributed by atoms with Crippen LogP contribution in [0.5, 0.6) is 0 Å². The Labute approximate surface area is 115 Å². The van der Waals surface area contributed by atoms with Gasteiger partial charge in [-0.2, -0.15) is 0 Å². The van der Waals surface area contributed by atoms with Crippen molar-refractivity contribution in [2.75, 3.05) is 13.1 Å². The Balaban J connectivity index is 2.39. The van der Waals surface area contributed by atoms with Gasteiger partial charge in [0.2, 0.25) is 0 Å². The Morgan fingerprint density at radius 2 is 1.72 bits per heavy atom. The first-order valence-corrected chi connectivity index (χ1v) is 8.07. The van der Waals surface area contributed by atoms with Gasteiger partial charge in [0.05, 0.1) is 0 Å². The Bertz CT molecular complexity index is 207. The molecule has 18 heavy (non-hydrogen) atoms. The quantitative estimate of drug-likeness (QED) is 0.640. The van der Waals surface area contributed by atoms with Crippen molar-refractivity contribution in [3.8, 4) is 0 Å². The van der Waals surface area contributed by atoms with Gasteiger partial charge >= 0.3 is 0 Å². The van der Waals surface area contributed by atoms with E-state index in [1.165, 1.54) is 45.2 Å². The van der Waals surface area contributed by atoms with Crippen molar-refractivity contribution in [3.05, 3.63) is 0 Å². The van der Waals surface area contributed by atoms with Gasteiger partial charge in [0, 0.05) is 24.7 Å². The van der Waals surface area contributed by atoms with Gasteiger partial charge in [0.15, 0.2) is 0 Å². The van der Waals surface area contributed by atoms with Gasteiger partial charge in [-0.15, -0.1) is 0 Å². The molecule has 0 amide bonds. The second-order valence-electron chi connectivity index (χ2n) is 6.43. The lowest BCUT2D eigenvalue weighted by Crippen LogP contribution is -2.44. The minimum atomic E-state index is 0.712. The molecular weight excluding hydrogens is 220 g/mol. The highest BCUT2D eigenvalue weighted by molar-refractivity contribution is 4.82. The van der Waals surface area contributed by atoms with Gasteiger partial charge in [-0.1, -0.05) is 27.7 Å². The summed E-state index contributed by atoms with van der Waals surface area (Å²) in [5.74, 6) is 0.768. The van der Waals surface area contributed by atoms with E-state index in [0.29, 0.717) is 6.04 Å². The average Bonchev–Trinajstić information content (AvgIpc) is 3.12. The molecular formula is C16H34N2. The van der Waals surface area contributed by atoms with E-state index in [-0.39, 0.29) is 0 Å². The summed E-state index contributed by atoms with van der Waals surface area (Å²) in [4.78, 5) is 2.75. The van der Waals surface area contributed by atoms with Gasteiger partial charge in [-0.25, -0.2) is 0 Å². The van der Waals surface area contributed by atoms with Crippen molar-refractivity contribution < 1.29 is 0 Å². The summed E-state index contributed by atoms with van der Waals surface area (Å²) in [6.45, 7) is 14.2. The molecule has 0 heterocycles. The van der Waals surface area contributed by atoms with Crippen LogP contribution >= 0.6 is 0 Å². The predicted molar refractivity (Wildman–Crippen MR) is 81.0 cm³/mol. The van der Waals surface area contributed by atoms with E-state index in [1.54, 1.807) is 0 Å². The molecule has 0 bridgehead atoms. The van der Waals surface area contributed by atoms with Crippen molar-refractivity contribution in [1.82, 2.24) is 10.2 Å². The lowest BCUT2D eigenvalue weighted by molar-refractivity contribution is 0.112. The van der Waals surface area contributed by atoms with Crippen LogP contribution in [-0.2, 0) is 0 Å². The normalized spacial score (nSPS) is 18.0. The first kappa shape index (κ1) is 16.0. The Morgan fingerprint density at radius 1 is 1.11 bits per heavy atom. The molecule has 1 fully saturated rings. The van der Waals surface area contributed by atoms with E-state index < -0.39 is 0 Å². The first-order chi connectivity index (χ1) is 8.58. The molecule has 0 aromatic carbocycles. The highest BCUT2D eigenvalue weighted by atomic mass is 15.2. The van der Waals surface area contributed by atoms with Crippen molar-refractivity contribution in [2.45, 2.75) is 84.8 Å². The van der Waals surface area contributed by atoms with Gasteiger partial charge in [0.1, 0.15) is 0 Å². The molecule has 1 N–H and O–H groups in total. The number of hydrogen-bond acceptors (Lipinski definition) is 2. The summed E-state index contributed by atoms with van der Waals surface area (Å²) >= 11 is 0. The SMILES string of the molecule is CCC(CC)N(CC(C)C)C(C)CCNC1CC1. The third-order valence-corrected chi connectivity index (χ3v) is 4.13. The van der Waals surface area contributed by atoms with Crippen LogP contribution in [-0.4, -0.2) is 36.1 Å². The third-order valence-electron chi connectivity index (χ3n) is 4.13. The zero-order valence-electron chi connectivity index (χ0n) is 13.2. The van der Waals surface area contributed by atoms with Crippen LogP contribution in [0.2, 0.25) is 0 Å². The number of rotatable bonds is 10. The zero-order chi connectivity index (χ0) is 13.5. The van der Waals surface area contributed by atoms with E-state index in [2.05, 4.69) is 44.8 Å². The minimum absolute atomic E-state index is 0.712. The van der Waals surface area contributed by atoms with Crippen LogP contribution in [0.25, 0.3) is 0 Å². The average molecular weight is 254 g/mol. The molecule has 0 aromatic heterocycles. The highest BCUT2D eigenvalue weighted by Crippen LogP contribution is 2.20. The monoisotopic (exact) mass is 254 g/mol. The maximum Gasteiger partial charge on any atom is 0.00929 e. The summed E-state index contributed by atoms with van der Waals surface area (Å²) in [5, 5.41) is 3.64. The van der Waals surface area contributed by atoms with Gasteiger partial charge in [-0.05, 0) is 51.5 Å². The van der Waals surface area contributed by atoms with E-state index in [4.69, 9.17) is 0 Å². The number of hydrogen-bond donors (Lipinski definition) is 1. The summed E-state index contributed by atoms with van der Waals surface area (Å²) in [6, 6.07) is 2.33. The second kappa shape index (κ2) is 8.16. The molecule has 1 atom stereocenters. The number of nitrogens with one attached hydrogen (secondary N) is 1.